The van der Waals surface area contributed by atoms with E-state index in [1.165, 1.54) is 6.07 Å². The Hall–Kier alpha value is -1.36. The standard InChI is InChI=1S/C13H14ClFN2O/c1-8-4-10(7-18-8)13(17-16)6-9-2-3-12(15)11(14)5-9/h2-5,7,13,17H,6,16H2,1H3. The molecule has 0 amide bonds. The van der Waals surface area contributed by atoms with Crippen molar-refractivity contribution in [1.82, 2.24) is 5.43 Å². The molecule has 1 unspecified atom stereocenters. The largest absolute Gasteiger partial charge is 0.469 e. The number of nitrogens with two attached hydrogens (primary N) is 1. The van der Waals surface area contributed by atoms with Crippen LogP contribution in [0, 0.1) is 12.7 Å². The summed E-state index contributed by atoms with van der Waals surface area (Å²) >= 11 is 5.75. The van der Waals surface area contributed by atoms with E-state index in [0.717, 1.165) is 16.9 Å². The van der Waals surface area contributed by atoms with E-state index in [2.05, 4.69) is 5.43 Å². The van der Waals surface area contributed by atoms with Crippen molar-refractivity contribution in [3.05, 3.63) is 58.3 Å². The molecule has 0 saturated carbocycles. The zero-order valence-corrected chi connectivity index (χ0v) is 10.7. The van der Waals surface area contributed by atoms with E-state index >= 15 is 0 Å². The fraction of sp³-hybridized carbons (Fsp3) is 0.231. The summed E-state index contributed by atoms with van der Waals surface area (Å²) in [4.78, 5) is 0. The van der Waals surface area contributed by atoms with Gasteiger partial charge < -0.3 is 4.42 Å². The molecule has 0 fully saturated rings. The molecule has 1 aromatic heterocycles. The molecule has 0 radical (unpaired) electrons. The molecule has 96 valence electrons. The van der Waals surface area contributed by atoms with E-state index in [1.807, 2.05) is 13.0 Å². The van der Waals surface area contributed by atoms with Crippen LogP contribution in [0.2, 0.25) is 5.02 Å². The summed E-state index contributed by atoms with van der Waals surface area (Å²) in [6.07, 6.45) is 2.26. The number of hydrogen-bond donors (Lipinski definition) is 2. The van der Waals surface area contributed by atoms with Gasteiger partial charge in [0.05, 0.1) is 17.3 Å². The molecule has 1 atom stereocenters. The first-order valence-electron chi connectivity index (χ1n) is 5.55. The zero-order valence-electron chi connectivity index (χ0n) is 9.91. The van der Waals surface area contributed by atoms with Crippen molar-refractivity contribution in [2.24, 2.45) is 5.84 Å². The van der Waals surface area contributed by atoms with Gasteiger partial charge in [0.2, 0.25) is 0 Å². The average molecular weight is 269 g/mol. The second kappa shape index (κ2) is 5.52. The normalized spacial score (nSPS) is 12.7. The van der Waals surface area contributed by atoms with Crippen LogP contribution in [0.4, 0.5) is 4.39 Å². The lowest BCUT2D eigenvalue weighted by Crippen LogP contribution is -2.29. The molecule has 5 heteroatoms. The molecule has 2 rings (SSSR count). The molecule has 0 spiro atoms. The van der Waals surface area contributed by atoms with Crippen molar-refractivity contribution in [2.75, 3.05) is 0 Å². The maximum Gasteiger partial charge on any atom is 0.141 e. The third-order valence-corrected chi connectivity index (χ3v) is 3.07. The zero-order chi connectivity index (χ0) is 13.1. The predicted molar refractivity (Wildman–Crippen MR) is 68.6 cm³/mol. The van der Waals surface area contributed by atoms with Gasteiger partial charge in [-0.2, -0.15) is 0 Å². The average Bonchev–Trinajstić information content (AvgIpc) is 2.77. The Morgan fingerprint density at radius 1 is 1.44 bits per heavy atom. The quantitative estimate of drug-likeness (QED) is 0.662. The Balaban J connectivity index is 2.17. The van der Waals surface area contributed by atoms with Gasteiger partial charge in [0, 0.05) is 5.56 Å². The predicted octanol–water partition coefficient (Wildman–Crippen LogP) is 3.13. The molecule has 0 saturated heterocycles. The first-order chi connectivity index (χ1) is 8.60. The number of nitrogens with one attached hydrogen (secondary N) is 1. The van der Waals surface area contributed by atoms with Gasteiger partial charge >= 0.3 is 0 Å². The SMILES string of the molecule is Cc1cc(C(Cc2ccc(F)c(Cl)c2)NN)co1. The first-order valence-corrected chi connectivity index (χ1v) is 5.93. The molecule has 3 N–H and O–H groups in total. The van der Waals surface area contributed by atoms with Crippen molar-refractivity contribution < 1.29 is 8.81 Å². The highest BCUT2D eigenvalue weighted by molar-refractivity contribution is 6.30. The maximum absolute atomic E-state index is 13.1. The lowest BCUT2D eigenvalue weighted by molar-refractivity contribution is 0.511. The van der Waals surface area contributed by atoms with Gasteiger partial charge in [0.25, 0.3) is 0 Å². The number of hydrogen-bond acceptors (Lipinski definition) is 3. The van der Waals surface area contributed by atoms with E-state index in [-0.39, 0.29) is 11.1 Å². The number of aryl methyl sites for hydroxylation is 1. The topological polar surface area (TPSA) is 51.2 Å². The summed E-state index contributed by atoms with van der Waals surface area (Å²) < 4.78 is 18.3. The van der Waals surface area contributed by atoms with Crippen molar-refractivity contribution in [1.29, 1.82) is 0 Å². The molecule has 1 aromatic carbocycles. The van der Waals surface area contributed by atoms with Gasteiger partial charge in [-0.3, -0.25) is 11.3 Å². The van der Waals surface area contributed by atoms with E-state index < -0.39 is 5.82 Å². The number of halogens is 2. The number of rotatable bonds is 4. The van der Waals surface area contributed by atoms with Crippen molar-refractivity contribution >= 4 is 11.6 Å². The minimum Gasteiger partial charge on any atom is -0.469 e. The summed E-state index contributed by atoms with van der Waals surface area (Å²) in [6.45, 7) is 1.87. The fourth-order valence-corrected chi connectivity index (χ4v) is 2.02. The second-order valence-electron chi connectivity index (χ2n) is 4.16. The van der Waals surface area contributed by atoms with Crippen LogP contribution in [0.25, 0.3) is 0 Å². The summed E-state index contributed by atoms with van der Waals surface area (Å²) in [5.41, 5.74) is 4.58. The maximum atomic E-state index is 13.1. The highest BCUT2D eigenvalue weighted by Gasteiger charge is 2.13. The van der Waals surface area contributed by atoms with Crippen LogP contribution in [-0.2, 0) is 6.42 Å². The highest BCUT2D eigenvalue weighted by atomic mass is 35.5. The van der Waals surface area contributed by atoms with Gasteiger partial charge in [-0.25, -0.2) is 4.39 Å². The van der Waals surface area contributed by atoms with Crippen molar-refractivity contribution in [3.8, 4) is 0 Å². The van der Waals surface area contributed by atoms with E-state index in [1.54, 1.807) is 18.4 Å². The van der Waals surface area contributed by atoms with E-state index in [9.17, 15) is 4.39 Å². The summed E-state index contributed by atoms with van der Waals surface area (Å²) in [6, 6.07) is 6.47. The Labute approximate surface area is 110 Å². The van der Waals surface area contributed by atoms with Gasteiger partial charge in [-0.05, 0) is 37.1 Å². The minimum atomic E-state index is -0.420. The molecule has 0 aliphatic rings. The molecule has 3 nitrogen and oxygen atoms in total. The van der Waals surface area contributed by atoms with Crippen LogP contribution in [-0.4, -0.2) is 0 Å². The molecule has 2 aromatic rings. The Morgan fingerprint density at radius 3 is 2.78 bits per heavy atom. The Kier molecular flexibility index (Phi) is 4.01. The van der Waals surface area contributed by atoms with E-state index in [4.69, 9.17) is 21.9 Å². The van der Waals surface area contributed by atoms with Crippen LogP contribution >= 0.6 is 11.6 Å². The second-order valence-corrected chi connectivity index (χ2v) is 4.57. The number of furan rings is 1. The van der Waals surface area contributed by atoms with Gasteiger partial charge in [0.1, 0.15) is 11.6 Å². The molecular weight excluding hydrogens is 255 g/mol. The number of benzene rings is 1. The molecule has 1 heterocycles. The Bertz CT molecular complexity index is 542. The van der Waals surface area contributed by atoms with Crippen molar-refractivity contribution in [3.63, 3.8) is 0 Å². The number of hydrazine groups is 1. The van der Waals surface area contributed by atoms with Crippen LogP contribution < -0.4 is 11.3 Å². The minimum absolute atomic E-state index is 0.0935. The monoisotopic (exact) mass is 268 g/mol. The van der Waals surface area contributed by atoms with Crippen molar-refractivity contribution in [2.45, 2.75) is 19.4 Å². The fourth-order valence-electron chi connectivity index (χ4n) is 1.82. The first kappa shape index (κ1) is 13.1. The van der Waals surface area contributed by atoms with Gasteiger partial charge in [-0.1, -0.05) is 17.7 Å². The summed E-state index contributed by atoms with van der Waals surface area (Å²) in [5, 5.41) is 0.117. The third-order valence-electron chi connectivity index (χ3n) is 2.78. The molecule has 0 aliphatic heterocycles. The lowest BCUT2D eigenvalue weighted by atomic mass is 10.0. The highest BCUT2D eigenvalue weighted by Crippen LogP contribution is 2.23. The third kappa shape index (κ3) is 2.90. The molecule has 0 aliphatic carbocycles. The van der Waals surface area contributed by atoms with Crippen LogP contribution in [0.3, 0.4) is 0 Å². The van der Waals surface area contributed by atoms with E-state index in [0.29, 0.717) is 6.42 Å². The lowest BCUT2D eigenvalue weighted by Gasteiger charge is -2.14. The molecular formula is C13H14ClFN2O. The summed E-state index contributed by atoms with van der Waals surface area (Å²) in [7, 11) is 0. The smallest absolute Gasteiger partial charge is 0.141 e. The van der Waals surface area contributed by atoms with Crippen LogP contribution in [0.15, 0.2) is 34.9 Å². The summed E-state index contributed by atoms with van der Waals surface area (Å²) in [5.74, 6) is 5.93. The Morgan fingerprint density at radius 2 is 2.22 bits per heavy atom. The van der Waals surface area contributed by atoms with Crippen LogP contribution in [0.5, 0.6) is 0 Å². The molecule has 18 heavy (non-hydrogen) atoms. The molecule has 0 bridgehead atoms. The van der Waals surface area contributed by atoms with Gasteiger partial charge in [0.15, 0.2) is 0 Å². The van der Waals surface area contributed by atoms with Gasteiger partial charge in [-0.15, -0.1) is 0 Å². The van der Waals surface area contributed by atoms with Crippen LogP contribution in [0.1, 0.15) is 22.9 Å².